The summed E-state index contributed by atoms with van der Waals surface area (Å²) < 4.78 is 0. The van der Waals surface area contributed by atoms with Crippen LogP contribution < -0.4 is 5.32 Å². The van der Waals surface area contributed by atoms with Gasteiger partial charge in [0.15, 0.2) is 0 Å². The van der Waals surface area contributed by atoms with Gasteiger partial charge in [0.25, 0.3) is 0 Å². The Kier molecular flexibility index (Phi) is 2.40. The highest BCUT2D eigenvalue weighted by molar-refractivity contribution is 5.72. The van der Waals surface area contributed by atoms with E-state index in [0.29, 0.717) is 0 Å². The molecule has 0 radical (unpaired) electrons. The summed E-state index contributed by atoms with van der Waals surface area (Å²) in [5.74, 6) is 0. The molecule has 0 atom stereocenters. The average molecular weight is 223 g/mol. The number of aryl methyl sites for hydroxylation is 1. The summed E-state index contributed by atoms with van der Waals surface area (Å²) in [5, 5.41) is 3.40. The van der Waals surface area contributed by atoms with E-state index in [2.05, 4.69) is 55.6 Å². The smallest absolute Gasteiger partial charge is 0.0373 e. The maximum Gasteiger partial charge on any atom is 0.0373 e. The van der Waals surface area contributed by atoms with Gasteiger partial charge in [-0.15, -0.1) is 0 Å². The third-order valence-corrected chi connectivity index (χ3v) is 3.73. The van der Waals surface area contributed by atoms with Crippen LogP contribution in [0.4, 0.5) is 5.69 Å². The first kappa shape index (κ1) is 10.4. The SMILES string of the molecule is Cc1cccc(-c2ccc3c(c2)CCN3)c1C. The van der Waals surface area contributed by atoms with E-state index < -0.39 is 0 Å². The summed E-state index contributed by atoms with van der Waals surface area (Å²) in [6.07, 6.45) is 1.15. The molecular weight excluding hydrogens is 206 g/mol. The second-order valence-corrected chi connectivity index (χ2v) is 4.80. The van der Waals surface area contributed by atoms with Crippen LogP contribution >= 0.6 is 0 Å². The molecule has 1 aliphatic rings. The fourth-order valence-corrected chi connectivity index (χ4v) is 2.54. The van der Waals surface area contributed by atoms with E-state index in [1.165, 1.54) is 33.5 Å². The number of benzene rings is 2. The fourth-order valence-electron chi connectivity index (χ4n) is 2.54. The molecule has 1 heteroatoms. The quantitative estimate of drug-likeness (QED) is 0.772. The summed E-state index contributed by atoms with van der Waals surface area (Å²) in [7, 11) is 0. The minimum absolute atomic E-state index is 1.07. The Balaban J connectivity index is 2.13. The van der Waals surface area contributed by atoms with Gasteiger partial charge >= 0.3 is 0 Å². The molecule has 1 nitrogen and oxygen atoms in total. The molecule has 1 aliphatic heterocycles. The third kappa shape index (κ3) is 1.72. The summed E-state index contributed by atoms with van der Waals surface area (Å²) in [6, 6.07) is 13.3. The summed E-state index contributed by atoms with van der Waals surface area (Å²) >= 11 is 0. The fraction of sp³-hybridized carbons (Fsp3) is 0.250. The van der Waals surface area contributed by atoms with Gasteiger partial charge in [-0.1, -0.05) is 24.3 Å². The molecule has 0 saturated carbocycles. The molecule has 1 N–H and O–H groups in total. The van der Waals surface area contributed by atoms with E-state index in [4.69, 9.17) is 0 Å². The van der Waals surface area contributed by atoms with Crippen molar-refractivity contribution in [2.24, 2.45) is 0 Å². The molecule has 0 bridgehead atoms. The van der Waals surface area contributed by atoms with E-state index >= 15 is 0 Å². The van der Waals surface area contributed by atoms with Crippen LogP contribution in [0, 0.1) is 13.8 Å². The van der Waals surface area contributed by atoms with Crippen LogP contribution in [-0.2, 0) is 6.42 Å². The highest BCUT2D eigenvalue weighted by atomic mass is 14.9. The third-order valence-electron chi connectivity index (χ3n) is 3.73. The first-order valence-electron chi connectivity index (χ1n) is 6.19. The second kappa shape index (κ2) is 3.92. The number of hydrogen-bond acceptors (Lipinski definition) is 1. The molecule has 2 aromatic carbocycles. The summed E-state index contributed by atoms with van der Waals surface area (Å²) in [6.45, 7) is 5.45. The lowest BCUT2D eigenvalue weighted by atomic mass is 9.95. The molecule has 2 aromatic rings. The molecule has 0 aromatic heterocycles. The van der Waals surface area contributed by atoms with E-state index in [1.54, 1.807) is 0 Å². The van der Waals surface area contributed by atoms with Gasteiger partial charge in [0.1, 0.15) is 0 Å². The van der Waals surface area contributed by atoms with Crippen molar-refractivity contribution in [3.05, 3.63) is 53.1 Å². The molecule has 86 valence electrons. The predicted octanol–water partition coefficient (Wildman–Crippen LogP) is 3.94. The van der Waals surface area contributed by atoms with E-state index in [-0.39, 0.29) is 0 Å². The Hall–Kier alpha value is -1.76. The molecule has 0 amide bonds. The zero-order valence-corrected chi connectivity index (χ0v) is 10.4. The molecule has 0 unspecified atom stereocenters. The Morgan fingerprint density at radius 3 is 2.82 bits per heavy atom. The first-order valence-corrected chi connectivity index (χ1v) is 6.19. The van der Waals surface area contributed by atoms with E-state index in [1.807, 2.05) is 0 Å². The van der Waals surface area contributed by atoms with Crippen LogP contribution in [0.25, 0.3) is 11.1 Å². The number of hydrogen-bond donors (Lipinski definition) is 1. The van der Waals surface area contributed by atoms with Crippen LogP contribution in [0.3, 0.4) is 0 Å². The highest BCUT2D eigenvalue weighted by Crippen LogP contribution is 2.31. The van der Waals surface area contributed by atoms with E-state index in [0.717, 1.165) is 13.0 Å². The molecule has 1 heterocycles. The first-order chi connectivity index (χ1) is 8.25. The van der Waals surface area contributed by atoms with Crippen LogP contribution in [0.2, 0.25) is 0 Å². The average Bonchev–Trinajstić information content (AvgIpc) is 2.79. The minimum atomic E-state index is 1.07. The number of rotatable bonds is 1. The van der Waals surface area contributed by atoms with Gasteiger partial charge in [0, 0.05) is 12.2 Å². The minimum Gasteiger partial charge on any atom is -0.384 e. The van der Waals surface area contributed by atoms with Gasteiger partial charge in [-0.3, -0.25) is 0 Å². The van der Waals surface area contributed by atoms with Crippen molar-refractivity contribution in [2.45, 2.75) is 20.3 Å². The Morgan fingerprint density at radius 2 is 1.94 bits per heavy atom. The van der Waals surface area contributed by atoms with Gasteiger partial charge in [0.2, 0.25) is 0 Å². The lowest BCUT2D eigenvalue weighted by Crippen LogP contribution is -1.90. The van der Waals surface area contributed by atoms with Crippen molar-refractivity contribution < 1.29 is 0 Å². The lowest BCUT2D eigenvalue weighted by molar-refractivity contribution is 1.11. The Bertz CT molecular complexity index is 570. The second-order valence-electron chi connectivity index (χ2n) is 4.80. The molecule has 17 heavy (non-hydrogen) atoms. The summed E-state index contributed by atoms with van der Waals surface area (Å²) in [4.78, 5) is 0. The van der Waals surface area contributed by atoms with Crippen molar-refractivity contribution in [3.63, 3.8) is 0 Å². The van der Waals surface area contributed by atoms with Gasteiger partial charge in [-0.25, -0.2) is 0 Å². The molecule has 0 spiro atoms. The summed E-state index contributed by atoms with van der Waals surface area (Å²) in [5.41, 5.74) is 8.20. The van der Waals surface area contributed by atoms with Crippen molar-refractivity contribution in [2.75, 3.05) is 11.9 Å². The maximum atomic E-state index is 3.40. The van der Waals surface area contributed by atoms with Gasteiger partial charge in [0.05, 0.1) is 0 Å². The van der Waals surface area contributed by atoms with E-state index in [9.17, 15) is 0 Å². The normalized spacial score (nSPS) is 13.3. The van der Waals surface area contributed by atoms with Crippen LogP contribution in [0.15, 0.2) is 36.4 Å². The van der Waals surface area contributed by atoms with Crippen LogP contribution in [0.1, 0.15) is 16.7 Å². The van der Waals surface area contributed by atoms with Gasteiger partial charge in [-0.2, -0.15) is 0 Å². The van der Waals surface area contributed by atoms with Crippen molar-refractivity contribution >= 4 is 5.69 Å². The van der Waals surface area contributed by atoms with Crippen molar-refractivity contribution in [1.29, 1.82) is 0 Å². The predicted molar refractivity (Wildman–Crippen MR) is 73.5 cm³/mol. The van der Waals surface area contributed by atoms with Crippen LogP contribution in [-0.4, -0.2) is 6.54 Å². The van der Waals surface area contributed by atoms with Crippen LogP contribution in [0.5, 0.6) is 0 Å². The highest BCUT2D eigenvalue weighted by Gasteiger charge is 2.11. The zero-order valence-electron chi connectivity index (χ0n) is 10.4. The lowest BCUT2D eigenvalue weighted by Gasteiger charge is -2.10. The standard InChI is InChI=1S/C16H17N/c1-11-4-3-5-15(12(11)2)13-6-7-16-14(10-13)8-9-17-16/h3-7,10,17H,8-9H2,1-2H3. The molecule has 0 fully saturated rings. The number of nitrogens with one attached hydrogen (secondary N) is 1. The molecular formula is C16H17N. The number of fused-ring (bicyclic) bond motifs is 1. The van der Waals surface area contributed by atoms with Gasteiger partial charge in [-0.05, 0) is 60.2 Å². The topological polar surface area (TPSA) is 12.0 Å². The zero-order chi connectivity index (χ0) is 11.8. The van der Waals surface area contributed by atoms with Gasteiger partial charge < -0.3 is 5.32 Å². The maximum absolute atomic E-state index is 3.40. The molecule has 3 rings (SSSR count). The molecule has 0 aliphatic carbocycles. The Morgan fingerprint density at radius 1 is 1.06 bits per heavy atom. The molecule has 0 saturated heterocycles. The number of anilines is 1. The Labute approximate surface area is 102 Å². The van der Waals surface area contributed by atoms with Crippen molar-refractivity contribution in [1.82, 2.24) is 0 Å². The van der Waals surface area contributed by atoms with Crippen molar-refractivity contribution in [3.8, 4) is 11.1 Å². The monoisotopic (exact) mass is 223 g/mol. The largest absolute Gasteiger partial charge is 0.384 e.